The van der Waals surface area contributed by atoms with Crippen LogP contribution in [0.3, 0.4) is 0 Å². The van der Waals surface area contributed by atoms with Crippen molar-refractivity contribution in [3.8, 4) is 0 Å². The van der Waals surface area contributed by atoms with Gasteiger partial charge in [0.15, 0.2) is 0 Å². The van der Waals surface area contributed by atoms with Gasteiger partial charge < -0.3 is 5.32 Å². The summed E-state index contributed by atoms with van der Waals surface area (Å²) in [6, 6.07) is 11.3. The molecule has 1 aliphatic heterocycles. The number of nitrogens with one attached hydrogen (secondary N) is 2. The Morgan fingerprint density at radius 3 is 2.52 bits per heavy atom. The van der Waals surface area contributed by atoms with Gasteiger partial charge in [-0.05, 0) is 24.3 Å². The summed E-state index contributed by atoms with van der Waals surface area (Å²) in [6.45, 7) is 0. The van der Waals surface area contributed by atoms with Crippen molar-refractivity contribution >= 4 is 35.0 Å². The Labute approximate surface area is 124 Å². The Morgan fingerprint density at radius 1 is 1.00 bits per heavy atom. The van der Waals surface area contributed by atoms with Crippen LogP contribution in [-0.4, -0.2) is 17.7 Å². The molecule has 0 saturated heterocycles. The topological polar surface area (TPSA) is 75.3 Å². The molecular formula is C15H9ClN2O3. The first-order valence-electron chi connectivity index (χ1n) is 6.12. The fraction of sp³-hybridized carbons (Fsp3) is 0. The number of rotatable bonds is 2. The Balaban J connectivity index is 1.97. The molecule has 3 amide bonds. The van der Waals surface area contributed by atoms with Crippen molar-refractivity contribution in [2.45, 2.75) is 0 Å². The first kappa shape index (κ1) is 13.3. The minimum Gasteiger partial charge on any atom is -0.321 e. The van der Waals surface area contributed by atoms with Crippen molar-refractivity contribution in [1.29, 1.82) is 0 Å². The highest BCUT2D eigenvalue weighted by atomic mass is 35.5. The lowest BCUT2D eigenvalue weighted by Crippen LogP contribution is -2.21. The van der Waals surface area contributed by atoms with Crippen LogP contribution in [0.5, 0.6) is 0 Å². The van der Waals surface area contributed by atoms with Crippen molar-refractivity contribution < 1.29 is 14.4 Å². The van der Waals surface area contributed by atoms with Gasteiger partial charge in [0.1, 0.15) is 0 Å². The molecule has 2 aromatic carbocycles. The maximum atomic E-state index is 12.2. The number of hydrogen-bond acceptors (Lipinski definition) is 3. The largest absolute Gasteiger partial charge is 0.321 e. The van der Waals surface area contributed by atoms with Crippen LogP contribution < -0.4 is 10.6 Å². The zero-order valence-corrected chi connectivity index (χ0v) is 11.4. The third-order valence-corrected chi connectivity index (χ3v) is 3.46. The summed E-state index contributed by atoms with van der Waals surface area (Å²) in [4.78, 5) is 35.6. The van der Waals surface area contributed by atoms with E-state index in [2.05, 4.69) is 10.6 Å². The van der Waals surface area contributed by atoms with Crippen molar-refractivity contribution in [3.05, 3.63) is 64.2 Å². The van der Waals surface area contributed by atoms with Gasteiger partial charge in [0.05, 0.1) is 27.4 Å². The van der Waals surface area contributed by atoms with Crippen molar-refractivity contribution in [2.24, 2.45) is 0 Å². The highest BCUT2D eigenvalue weighted by Crippen LogP contribution is 2.25. The lowest BCUT2D eigenvalue weighted by molar-refractivity contribution is 0.0879. The van der Waals surface area contributed by atoms with E-state index in [-0.39, 0.29) is 16.8 Å². The number of benzene rings is 2. The number of fused-ring (bicyclic) bond motifs is 1. The van der Waals surface area contributed by atoms with Gasteiger partial charge in [0.25, 0.3) is 17.7 Å². The minimum atomic E-state index is -0.523. The minimum absolute atomic E-state index is 0.169. The molecule has 3 rings (SSSR count). The zero-order chi connectivity index (χ0) is 15.0. The van der Waals surface area contributed by atoms with Gasteiger partial charge in [0, 0.05) is 0 Å². The molecule has 104 valence electrons. The van der Waals surface area contributed by atoms with Crippen molar-refractivity contribution in [1.82, 2.24) is 5.32 Å². The molecule has 2 aromatic rings. The van der Waals surface area contributed by atoms with E-state index in [0.29, 0.717) is 10.6 Å². The fourth-order valence-corrected chi connectivity index (χ4v) is 2.38. The SMILES string of the molecule is O=C(Nc1cccc2c1C(=O)NC2=O)c1ccccc1Cl. The molecule has 0 spiro atoms. The highest BCUT2D eigenvalue weighted by molar-refractivity contribution is 6.34. The summed E-state index contributed by atoms with van der Waals surface area (Å²) in [5, 5.41) is 5.11. The molecule has 5 nitrogen and oxygen atoms in total. The van der Waals surface area contributed by atoms with Crippen LogP contribution in [0.1, 0.15) is 31.1 Å². The molecule has 0 saturated carbocycles. The van der Waals surface area contributed by atoms with Crippen LogP contribution >= 0.6 is 11.6 Å². The molecule has 0 fully saturated rings. The second kappa shape index (κ2) is 5.03. The number of amides is 3. The van der Waals surface area contributed by atoms with E-state index in [1.54, 1.807) is 36.4 Å². The van der Waals surface area contributed by atoms with Crippen LogP contribution in [0.2, 0.25) is 5.02 Å². The Bertz CT molecular complexity index is 786. The molecule has 0 aromatic heterocycles. The predicted octanol–water partition coefficient (Wildman–Crippen LogP) is 2.48. The molecule has 21 heavy (non-hydrogen) atoms. The molecule has 0 unspecified atom stereocenters. The van der Waals surface area contributed by atoms with E-state index in [1.165, 1.54) is 6.07 Å². The summed E-state index contributed by atoms with van der Waals surface area (Å²) in [5.41, 5.74) is 0.988. The first-order chi connectivity index (χ1) is 10.1. The van der Waals surface area contributed by atoms with Gasteiger partial charge in [0.2, 0.25) is 0 Å². The summed E-state index contributed by atoms with van der Waals surface area (Å²) in [5.74, 6) is -1.44. The lowest BCUT2D eigenvalue weighted by atomic mass is 10.1. The van der Waals surface area contributed by atoms with Crippen molar-refractivity contribution in [2.75, 3.05) is 5.32 Å². The summed E-state index contributed by atoms with van der Waals surface area (Å²) in [7, 11) is 0. The number of anilines is 1. The smallest absolute Gasteiger partial charge is 0.261 e. The number of halogens is 1. The van der Waals surface area contributed by atoms with Gasteiger partial charge in [-0.3, -0.25) is 19.7 Å². The summed E-state index contributed by atoms with van der Waals surface area (Å²) in [6.07, 6.45) is 0. The maximum Gasteiger partial charge on any atom is 0.261 e. The second-order valence-electron chi connectivity index (χ2n) is 4.45. The number of hydrogen-bond donors (Lipinski definition) is 2. The van der Waals surface area contributed by atoms with E-state index >= 15 is 0 Å². The van der Waals surface area contributed by atoms with E-state index in [0.717, 1.165) is 0 Å². The van der Waals surface area contributed by atoms with Crippen LogP contribution in [-0.2, 0) is 0 Å². The van der Waals surface area contributed by atoms with E-state index in [1.807, 2.05) is 0 Å². The van der Waals surface area contributed by atoms with Crippen LogP contribution in [0.4, 0.5) is 5.69 Å². The molecule has 2 N–H and O–H groups in total. The number of carbonyl (C=O) groups is 3. The second-order valence-corrected chi connectivity index (χ2v) is 4.85. The maximum absolute atomic E-state index is 12.2. The average Bonchev–Trinajstić information content (AvgIpc) is 2.75. The standard InChI is InChI=1S/C15H9ClN2O3/c16-10-6-2-1-4-8(10)13(19)17-11-7-3-5-9-12(11)15(21)18-14(9)20/h1-7H,(H,17,19)(H,18,20,21). The van der Waals surface area contributed by atoms with Crippen LogP contribution in [0.15, 0.2) is 42.5 Å². The molecule has 0 radical (unpaired) electrons. The monoisotopic (exact) mass is 300 g/mol. The summed E-state index contributed by atoms with van der Waals surface area (Å²) >= 11 is 5.96. The van der Waals surface area contributed by atoms with E-state index < -0.39 is 17.7 Å². The molecule has 1 heterocycles. The molecular weight excluding hydrogens is 292 g/mol. The Kier molecular flexibility index (Phi) is 3.19. The van der Waals surface area contributed by atoms with Gasteiger partial charge in [-0.15, -0.1) is 0 Å². The quantitative estimate of drug-likeness (QED) is 0.837. The number of imide groups is 1. The third-order valence-electron chi connectivity index (χ3n) is 3.13. The average molecular weight is 301 g/mol. The normalized spacial score (nSPS) is 12.8. The summed E-state index contributed by atoms with van der Waals surface area (Å²) < 4.78 is 0. The predicted molar refractivity (Wildman–Crippen MR) is 77.6 cm³/mol. The van der Waals surface area contributed by atoms with Gasteiger partial charge in [-0.1, -0.05) is 29.8 Å². The molecule has 0 aliphatic carbocycles. The fourth-order valence-electron chi connectivity index (χ4n) is 2.16. The third kappa shape index (κ3) is 2.28. The molecule has 1 aliphatic rings. The highest BCUT2D eigenvalue weighted by Gasteiger charge is 2.29. The van der Waals surface area contributed by atoms with Gasteiger partial charge >= 0.3 is 0 Å². The van der Waals surface area contributed by atoms with Crippen molar-refractivity contribution in [3.63, 3.8) is 0 Å². The van der Waals surface area contributed by atoms with Crippen LogP contribution in [0.25, 0.3) is 0 Å². The number of carbonyl (C=O) groups excluding carboxylic acids is 3. The van der Waals surface area contributed by atoms with Gasteiger partial charge in [-0.2, -0.15) is 0 Å². The van der Waals surface area contributed by atoms with E-state index in [9.17, 15) is 14.4 Å². The molecule has 0 bridgehead atoms. The van der Waals surface area contributed by atoms with Gasteiger partial charge in [-0.25, -0.2) is 0 Å². The lowest BCUT2D eigenvalue weighted by Gasteiger charge is -2.09. The molecule has 0 atom stereocenters. The van der Waals surface area contributed by atoms with Crippen LogP contribution in [0, 0.1) is 0 Å². The first-order valence-corrected chi connectivity index (χ1v) is 6.50. The molecule has 6 heteroatoms. The Morgan fingerprint density at radius 2 is 1.76 bits per heavy atom. The Hall–Kier alpha value is -2.66. The zero-order valence-electron chi connectivity index (χ0n) is 10.6. The van der Waals surface area contributed by atoms with E-state index in [4.69, 9.17) is 11.6 Å².